The molecule has 0 bridgehead atoms. The molecule has 1 aliphatic heterocycles. The maximum absolute atomic E-state index is 11.7. The Balaban J connectivity index is 2.36. The Labute approximate surface area is 106 Å². The first-order valence-corrected chi connectivity index (χ1v) is 8.08. The third-order valence-corrected chi connectivity index (χ3v) is 5.13. The van der Waals surface area contributed by atoms with Crippen LogP contribution in [0.5, 0.6) is 0 Å². The van der Waals surface area contributed by atoms with Crippen LogP contribution in [0.15, 0.2) is 0 Å². The van der Waals surface area contributed by atoms with Crippen molar-refractivity contribution in [2.75, 3.05) is 25.4 Å². The molecule has 0 spiro atoms. The molecule has 0 atom stereocenters. The number of nitrogens with one attached hydrogen (secondary N) is 1. The topological polar surface area (TPSA) is 49.4 Å². The summed E-state index contributed by atoms with van der Waals surface area (Å²) in [5.41, 5.74) is 0.145. The highest BCUT2D eigenvalue weighted by atomic mass is 32.2. The first kappa shape index (κ1) is 14.9. The lowest BCUT2D eigenvalue weighted by Crippen LogP contribution is -2.44. The lowest BCUT2D eigenvalue weighted by molar-refractivity contribution is 0.252. The van der Waals surface area contributed by atoms with Gasteiger partial charge in [0.25, 0.3) is 0 Å². The van der Waals surface area contributed by atoms with Crippen LogP contribution < -0.4 is 5.32 Å². The van der Waals surface area contributed by atoms with E-state index in [1.807, 2.05) is 0 Å². The van der Waals surface area contributed by atoms with Gasteiger partial charge in [-0.15, -0.1) is 0 Å². The van der Waals surface area contributed by atoms with Gasteiger partial charge in [0.2, 0.25) is 10.0 Å². The first-order chi connectivity index (χ1) is 7.74. The zero-order chi connectivity index (χ0) is 13.1. The van der Waals surface area contributed by atoms with Gasteiger partial charge in [-0.3, -0.25) is 0 Å². The monoisotopic (exact) mass is 262 g/mol. The van der Waals surface area contributed by atoms with Gasteiger partial charge in [0.15, 0.2) is 0 Å². The SMILES string of the molecule is CCS(=O)(=O)N1CCC(CNC(C)(C)C)CC1. The van der Waals surface area contributed by atoms with Gasteiger partial charge in [0.1, 0.15) is 0 Å². The van der Waals surface area contributed by atoms with Crippen molar-refractivity contribution in [3.05, 3.63) is 0 Å². The minimum atomic E-state index is -2.98. The normalized spacial score (nSPS) is 20.7. The van der Waals surface area contributed by atoms with E-state index < -0.39 is 10.0 Å². The number of rotatable bonds is 4. The average molecular weight is 262 g/mol. The van der Waals surface area contributed by atoms with Gasteiger partial charge in [-0.25, -0.2) is 12.7 Å². The van der Waals surface area contributed by atoms with Gasteiger partial charge in [-0.2, -0.15) is 0 Å². The van der Waals surface area contributed by atoms with Gasteiger partial charge < -0.3 is 5.32 Å². The van der Waals surface area contributed by atoms with Crippen molar-refractivity contribution >= 4 is 10.0 Å². The molecule has 0 aromatic heterocycles. The Morgan fingerprint density at radius 1 is 1.24 bits per heavy atom. The van der Waals surface area contributed by atoms with Crippen LogP contribution in [0.3, 0.4) is 0 Å². The Bertz CT molecular complexity index is 325. The standard InChI is InChI=1S/C12H26N2O2S/c1-5-17(15,16)14-8-6-11(7-9-14)10-13-12(2,3)4/h11,13H,5-10H2,1-4H3. The molecule has 0 radical (unpaired) electrons. The molecule has 4 nitrogen and oxygen atoms in total. The molecule has 0 aromatic carbocycles. The highest BCUT2D eigenvalue weighted by molar-refractivity contribution is 7.89. The first-order valence-electron chi connectivity index (χ1n) is 6.47. The van der Waals surface area contributed by atoms with E-state index in [-0.39, 0.29) is 11.3 Å². The van der Waals surface area contributed by atoms with Crippen molar-refractivity contribution in [3.8, 4) is 0 Å². The third kappa shape index (κ3) is 4.94. The molecule has 1 heterocycles. The summed E-state index contributed by atoms with van der Waals surface area (Å²) in [6, 6.07) is 0. The maximum Gasteiger partial charge on any atom is 0.213 e. The van der Waals surface area contributed by atoms with Crippen LogP contribution in [0.4, 0.5) is 0 Å². The average Bonchev–Trinajstić information content (AvgIpc) is 2.26. The second kappa shape index (κ2) is 5.67. The van der Waals surface area contributed by atoms with Crippen LogP contribution in [0.1, 0.15) is 40.5 Å². The third-order valence-electron chi connectivity index (χ3n) is 3.25. The summed E-state index contributed by atoms with van der Waals surface area (Å²) in [7, 11) is -2.98. The van der Waals surface area contributed by atoms with Crippen LogP contribution in [0.25, 0.3) is 0 Å². The zero-order valence-corrected chi connectivity index (χ0v) is 12.3. The van der Waals surface area contributed by atoms with Gasteiger partial charge in [-0.05, 0) is 53.0 Å². The van der Waals surface area contributed by atoms with E-state index in [2.05, 4.69) is 26.1 Å². The number of sulfonamides is 1. The molecule has 0 aliphatic carbocycles. The number of hydrogen-bond donors (Lipinski definition) is 1. The second-order valence-corrected chi connectivity index (χ2v) is 8.13. The summed E-state index contributed by atoms with van der Waals surface area (Å²) in [4.78, 5) is 0. The molecule has 1 fully saturated rings. The van der Waals surface area contributed by atoms with E-state index in [1.54, 1.807) is 11.2 Å². The van der Waals surface area contributed by atoms with E-state index in [9.17, 15) is 8.42 Å². The number of piperidine rings is 1. The minimum absolute atomic E-state index is 0.145. The van der Waals surface area contributed by atoms with Gasteiger partial charge in [0.05, 0.1) is 5.75 Å². The zero-order valence-electron chi connectivity index (χ0n) is 11.5. The molecule has 1 saturated heterocycles. The fourth-order valence-corrected chi connectivity index (χ4v) is 3.16. The van der Waals surface area contributed by atoms with Crippen molar-refractivity contribution in [1.29, 1.82) is 0 Å². The lowest BCUT2D eigenvalue weighted by atomic mass is 9.97. The maximum atomic E-state index is 11.7. The minimum Gasteiger partial charge on any atom is -0.312 e. The van der Waals surface area contributed by atoms with Crippen molar-refractivity contribution in [2.24, 2.45) is 5.92 Å². The van der Waals surface area contributed by atoms with Crippen molar-refractivity contribution < 1.29 is 8.42 Å². The lowest BCUT2D eigenvalue weighted by Gasteiger charge is -2.32. The van der Waals surface area contributed by atoms with E-state index in [1.165, 1.54) is 0 Å². The summed E-state index contributed by atoms with van der Waals surface area (Å²) in [5, 5.41) is 3.49. The molecular weight excluding hydrogens is 236 g/mol. The molecule has 0 unspecified atom stereocenters. The van der Waals surface area contributed by atoms with Gasteiger partial charge in [0, 0.05) is 18.6 Å². The molecule has 0 saturated carbocycles. The molecule has 5 heteroatoms. The fourth-order valence-electron chi connectivity index (χ4n) is 2.02. The summed E-state index contributed by atoms with van der Waals surface area (Å²) >= 11 is 0. The molecule has 102 valence electrons. The Kier molecular flexibility index (Phi) is 4.98. The number of hydrogen-bond acceptors (Lipinski definition) is 3. The highest BCUT2D eigenvalue weighted by Gasteiger charge is 2.26. The number of nitrogens with zero attached hydrogens (tertiary/aromatic N) is 1. The molecular formula is C12H26N2O2S. The highest BCUT2D eigenvalue weighted by Crippen LogP contribution is 2.19. The summed E-state index contributed by atoms with van der Waals surface area (Å²) in [6.45, 7) is 10.5. The predicted octanol–water partition coefficient (Wildman–Crippen LogP) is 1.44. The predicted molar refractivity (Wildman–Crippen MR) is 71.5 cm³/mol. The van der Waals surface area contributed by atoms with E-state index >= 15 is 0 Å². The molecule has 17 heavy (non-hydrogen) atoms. The Morgan fingerprint density at radius 2 is 1.76 bits per heavy atom. The fraction of sp³-hybridized carbons (Fsp3) is 1.00. The van der Waals surface area contributed by atoms with Gasteiger partial charge >= 0.3 is 0 Å². The van der Waals surface area contributed by atoms with Crippen LogP contribution in [0.2, 0.25) is 0 Å². The largest absolute Gasteiger partial charge is 0.312 e. The van der Waals surface area contributed by atoms with E-state index in [0.29, 0.717) is 19.0 Å². The second-order valence-electron chi connectivity index (χ2n) is 5.87. The van der Waals surface area contributed by atoms with Crippen molar-refractivity contribution in [2.45, 2.75) is 46.1 Å². The Morgan fingerprint density at radius 3 is 2.18 bits per heavy atom. The molecule has 1 aliphatic rings. The summed E-state index contributed by atoms with van der Waals surface area (Å²) in [6.07, 6.45) is 1.95. The molecule has 0 amide bonds. The van der Waals surface area contributed by atoms with Crippen molar-refractivity contribution in [3.63, 3.8) is 0 Å². The molecule has 1 rings (SSSR count). The Hall–Kier alpha value is -0.130. The summed E-state index contributed by atoms with van der Waals surface area (Å²) in [5.74, 6) is 0.829. The van der Waals surface area contributed by atoms with Crippen LogP contribution in [0, 0.1) is 5.92 Å². The van der Waals surface area contributed by atoms with E-state index in [0.717, 1.165) is 19.4 Å². The smallest absolute Gasteiger partial charge is 0.213 e. The van der Waals surface area contributed by atoms with Crippen LogP contribution >= 0.6 is 0 Å². The summed E-state index contributed by atoms with van der Waals surface area (Å²) < 4.78 is 25.0. The van der Waals surface area contributed by atoms with Crippen LogP contribution in [-0.2, 0) is 10.0 Å². The quantitative estimate of drug-likeness (QED) is 0.834. The van der Waals surface area contributed by atoms with Crippen molar-refractivity contribution in [1.82, 2.24) is 9.62 Å². The molecule has 0 aromatic rings. The van der Waals surface area contributed by atoms with Crippen LogP contribution in [-0.4, -0.2) is 43.6 Å². The van der Waals surface area contributed by atoms with Gasteiger partial charge in [-0.1, -0.05) is 0 Å². The van der Waals surface area contributed by atoms with E-state index in [4.69, 9.17) is 0 Å². The molecule has 1 N–H and O–H groups in total.